The molecule has 0 spiro atoms. The molecule has 3 N–H and O–H groups in total. The average Bonchev–Trinajstić information content (AvgIpc) is 2.59. The van der Waals surface area contributed by atoms with Crippen molar-refractivity contribution < 1.29 is 4.52 Å². The van der Waals surface area contributed by atoms with Gasteiger partial charge in [0.25, 0.3) is 5.95 Å². The second kappa shape index (κ2) is 2.45. The van der Waals surface area contributed by atoms with Crippen molar-refractivity contribution in [3.63, 3.8) is 0 Å². The van der Waals surface area contributed by atoms with Crippen LogP contribution in [0.15, 0.2) is 4.52 Å². The lowest BCUT2D eigenvalue weighted by atomic mass is 10.0. The first-order valence-corrected chi connectivity index (χ1v) is 4.05. The number of nitrogens with zero attached hydrogens (tertiary/aromatic N) is 2. The molecule has 0 aliphatic carbocycles. The fraction of sp³-hybridized carbons (Fsp3) is 0.714. The molecule has 12 heavy (non-hydrogen) atoms. The molecule has 0 aromatic carbocycles. The molecular formula is C7H12N4O. The topological polar surface area (TPSA) is 77.0 Å². The quantitative estimate of drug-likeness (QED) is 0.628. The lowest BCUT2D eigenvalue weighted by Crippen LogP contribution is -2.33. The third kappa shape index (κ3) is 1.06. The Morgan fingerprint density at radius 3 is 3.00 bits per heavy atom. The minimum Gasteiger partial charge on any atom is -0.365 e. The van der Waals surface area contributed by atoms with Crippen molar-refractivity contribution >= 4 is 5.95 Å². The monoisotopic (exact) mass is 168 g/mol. The summed E-state index contributed by atoms with van der Waals surface area (Å²) in [4.78, 5) is 4.00. The number of rotatable bonds is 1. The van der Waals surface area contributed by atoms with Crippen molar-refractivity contribution in [2.75, 3.05) is 12.3 Å². The van der Waals surface area contributed by atoms with Crippen molar-refractivity contribution in [1.82, 2.24) is 15.5 Å². The minimum atomic E-state index is -0.162. The van der Waals surface area contributed by atoms with E-state index in [-0.39, 0.29) is 11.5 Å². The van der Waals surface area contributed by atoms with Crippen LogP contribution in [0.4, 0.5) is 5.95 Å². The number of hydrogen-bond donors (Lipinski definition) is 2. The van der Waals surface area contributed by atoms with Crippen molar-refractivity contribution in [3.8, 4) is 0 Å². The molecule has 0 amide bonds. The summed E-state index contributed by atoms with van der Waals surface area (Å²) in [6, 6.07) is 0. The number of nitrogens with one attached hydrogen (secondary N) is 1. The highest BCUT2D eigenvalue weighted by Crippen LogP contribution is 2.28. The van der Waals surface area contributed by atoms with Crippen molar-refractivity contribution in [2.45, 2.75) is 25.3 Å². The molecular weight excluding hydrogens is 156 g/mol. The van der Waals surface area contributed by atoms with E-state index in [0.29, 0.717) is 5.89 Å². The molecule has 1 fully saturated rings. The van der Waals surface area contributed by atoms with Crippen LogP contribution in [0.25, 0.3) is 0 Å². The van der Waals surface area contributed by atoms with Crippen LogP contribution in [0.1, 0.15) is 25.7 Å². The molecule has 66 valence electrons. The SMILES string of the molecule is CC1(c2nc(N)no2)CCCN1. The maximum absolute atomic E-state index is 5.36. The molecule has 1 aromatic rings. The number of anilines is 1. The fourth-order valence-electron chi connectivity index (χ4n) is 1.54. The van der Waals surface area contributed by atoms with E-state index >= 15 is 0 Å². The van der Waals surface area contributed by atoms with Crippen LogP contribution in [-0.4, -0.2) is 16.7 Å². The molecule has 1 unspecified atom stereocenters. The summed E-state index contributed by atoms with van der Waals surface area (Å²) in [5, 5.41) is 6.87. The summed E-state index contributed by atoms with van der Waals surface area (Å²) in [6.45, 7) is 3.05. The van der Waals surface area contributed by atoms with E-state index in [4.69, 9.17) is 10.3 Å². The molecule has 2 heterocycles. The van der Waals surface area contributed by atoms with Gasteiger partial charge in [0.15, 0.2) is 0 Å². The Labute approximate surface area is 70.3 Å². The maximum Gasteiger partial charge on any atom is 0.260 e. The highest BCUT2D eigenvalue weighted by Gasteiger charge is 2.35. The number of hydrogen-bond acceptors (Lipinski definition) is 5. The first-order chi connectivity index (χ1) is 5.71. The van der Waals surface area contributed by atoms with Crippen LogP contribution in [0, 0.1) is 0 Å². The Morgan fingerprint density at radius 1 is 1.67 bits per heavy atom. The minimum absolute atomic E-state index is 0.162. The standard InChI is InChI=1S/C7H12N4O/c1-7(3-2-4-9-7)5-10-6(8)11-12-5/h9H,2-4H2,1H3,(H2,8,11). The lowest BCUT2D eigenvalue weighted by Gasteiger charge is -2.17. The molecule has 1 saturated heterocycles. The van der Waals surface area contributed by atoms with E-state index in [2.05, 4.69) is 15.5 Å². The molecule has 5 heteroatoms. The van der Waals surface area contributed by atoms with E-state index in [1.165, 1.54) is 0 Å². The number of nitrogens with two attached hydrogens (primary N) is 1. The first kappa shape index (κ1) is 7.54. The number of nitrogen functional groups attached to an aromatic ring is 1. The van der Waals surface area contributed by atoms with Gasteiger partial charge in [-0.2, -0.15) is 4.98 Å². The Kier molecular flexibility index (Phi) is 1.54. The first-order valence-electron chi connectivity index (χ1n) is 4.05. The summed E-state index contributed by atoms with van der Waals surface area (Å²) in [5.74, 6) is 0.803. The van der Waals surface area contributed by atoms with Gasteiger partial charge in [-0.05, 0) is 31.5 Å². The smallest absolute Gasteiger partial charge is 0.260 e. The van der Waals surface area contributed by atoms with Crippen molar-refractivity contribution in [2.24, 2.45) is 0 Å². The van der Waals surface area contributed by atoms with E-state index in [9.17, 15) is 0 Å². The van der Waals surface area contributed by atoms with Gasteiger partial charge >= 0.3 is 0 Å². The van der Waals surface area contributed by atoms with Gasteiger partial charge in [0.1, 0.15) is 0 Å². The van der Waals surface area contributed by atoms with Gasteiger partial charge in [0.2, 0.25) is 5.89 Å². The fourth-order valence-corrected chi connectivity index (χ4v) is 1.54. The molecule has 0 radical (unpaired) electrons. The zero-order chi connectivity index (χ0) is 8.60. The van der Waals surface area contributed by atoms with Crippen LogP contribution in [0.3, 0.4) is 0 Å². The van der Waals surface area contributed by atoms with Gasteiger partial charge in [-0.1, -0.05) is 0 Å². The van der Waals surface area contributed by atoms with Crippen LogP contribution in [0.5, 0.6) is 0 Å². The summed E-state index contributed by atoms with van der Waals surface area (Å²) in [6.07, 6.45) is 2.16. The van der Waals surface area contributed by atoms with E-state index in [1.807, 2.05) is 6.92 Å². The van der Waals surface area contributed by atoms with Crippen LogP contribution in [-0.2, 0) is 5.54 Å². The van der Waals surface area contributed by atoms with Gasteiger partial charge in [-0.15, -0.1) is 0 Å². The predicted octanol–water partition coefficient (Wildman–Crippen LogP) is 0.250. The maximum atomic E-state index is 5.36. The van der Waals surface area contributed by atoms with Crippen LogP contribution >= 0.6 is 0 Å². The summed E-state index contributed by atoms with van der Waals surface area (Å²) < 4.78 is 5.00. The highest BCUT2D eigenvalue weighted by atomic mass is 16.5. The summed E-state index contributed by atoms with van der Waals surface area (Å²) in [5.41, 5.74) is 5.20. The molecule has 2 rings (SSSR count). The summed E-state index contributed by atoms with van der Waals surface area (Å²) in [7, 11) is 0. The third-order valence-electron chi connectivity index (χ3n) is 2.28. The van der Waals surface area contributed by atoms with Crippen molar-refractivity contribution in [1.29, 1.82) is 0 Å². The Morgan fingerprint density at radius 2 is 2.50 bits per heavy atom. The Balaban J connectivity index is 2.28. The van der Waals surface area contributed by atoms with E-state index < -0.39 is 0 Å². The van der Waals surface area contributed by atoms with Gasteiger partial charge in [0.05, 0.1) is 5.54 Å². The zero-order valence-electron chi connectivity index (χ0n) is 7.00. The second-order valence-corrected chi connectivity index (χ2v) is 3.32. The Hall–Kier alpha value is -1.10. The molecule has 1 atom stereocenters. The van der Waals surface area contributed by atoms with Gasteiger partial charge in [0, 0.05) is 0 Å². The van der Waals surface area contributed by atoms with Gasteiger partial charge in [-0.25, -0.2) is 0 Å². The van der Waals surface area contributed by atoms with Crippen LogP contribution < -0.4 is 11.1 Å². The molecule has 1 aliphatic heterocycles. The average molecular weight is 168 g/mol. The molecule has 5 nitrogen and oxygen atoms in total. The summed E-state index contributed by atoms with van der Waals surface area (Å²) >= 11 is 0. The molecule has 1 aromatic heterocycles. The molecule has 0 bridgehead atoms. The van der Waals surface area contributed by atoms with E-state index in [1.54, 1.807) is 0 Å². The highest BCUT2D eigenvalue weighted by molar-refractivity contribution is 5.15. The van der Waals surface area contributed by atoms with Gasteiger partial charge in [-0.3, -0.25) is 0 Å². The lowest BCUT2D eigenvalue weighted by molar-refractivity contribution is 0.275. The van der Waals surface area contributed by atoms with Crippen molar-refractivity contribution in [3.05, 3.63) is 5.89 Å². The largest absolute Gasteiger partial charge is 0.365 e. The van der Waals surface area contributed by atoms with E-state index in [0.717, 1.165) is 19.4 Å². The number of aromatic nitrogens is 2. The molecule has 1 aliphatic rings. The van der Waals surface area contributed by atoms with Gasteiger partial charge < -0.3 is 15.6 Å². The Bertz CT molecular complexity index is 277. The normalized spacial score (nSPS) is 29.4. The predicted molar refractivity (Wildman–Crippen MR) is 43.3 cm³/mol. The van der Waals surface area contributed by atoms with Crippen LogP contribution in [0.2, 0.25) is 0 Å². The molecule has 0 saturated carbocycles. The third-order valence-corrected chi connectivity index (χ3v) is 2.28. The second-order valence-electron chi connectivity index (χ2n) is 3.32. The zero-order valence-corrected chi connectivity index (χ0v) is 7.00.